The topological polar surface area (TPSA) is 88.9 Å². The summed E-state index contributed by atoms with van der Waals surface area (Å²) < 4.78 is 1.72. The first-order valence-electron chi connectivity index (χ1n) is 8.18. The summed E-state index contributed by atoms with van der Waals surface area (Å²) in [6, 6.07) is 10.2. The van der Waals surface area contributed by atoms with Crippen LogP contribution < -0.4 is 10.6 Å². The molecule has 2 aromatic carbocycles. The van der Waals surface area contributed by atoms with Crippen LogP contribution in [-0.4, -0.2) is 32.3 Å². The van der Waals surface area contributed by atoms with Gasteiger partial charge in [0.1, 0.15) is 6.33 Å². The molecule has 3 aromatic rings. The van der Waals surface area contributed by atoms with Gasteiger partial charge < -0.3 is 10.6 Å². The number of nitrogens with zero attached hydrogens (tertiary/aromatic N) is 3. The lowest BCUT2D eigenvalue weighted by Crippen LogP contribution is -2.15. The van der Waals surface area contributed by atoms with E-state index in [1.807, 2.05) is 6.07 Å². The lowest BCUT2D eigenvalue weighted by Gasteiger charge is -2.10. The van der Waals surface area contributed by atoms with E-state index in [-0.39, 0.29) is 27.6 Å². The van der Waals surface area contributed by atoms with Gasteiger partial charge in [0.05, 0.1) is 32.2 Å². The molecule has 0 spiro atoms. The van der Waals surface area contributed by atoms with Gasteiger partial charge >= 0.3 is 0 Å². The van der Waals surface area contributed by atoms with Crippen LogP contribution in [-0.2, 0) is 9.59 Å². The average Bonchev–Trinajstić information content (AvgIpc) is 3.13. The van der Waals surface area contributed by atoms with Crippen LogP contribution in [0.4, 0.5) is 11.4 Å². The quantitative estimate of drug-likeness (QED) is 0.394. The van der Waals surface area contributed by atoms with E-state index in [9.17, 15) is 9.59 Å². The van der Waals surface area contributed by atoms with E-state index in [4.69, 9.17) is 34.8 Å². The molecule has 1 aromatic heterocycles. The predicted molar refractivity (Wildman–Crippen MR) is 116 cm³/mol. The van der Waals surface area contributed by atoms with Crippen molar-refractivity contribution >= 4 is 69.8 Å². The van der Waals surface area contributed by atoms with Crippen molar-refractivity contribution in [3.63, 3.8) is 0 Å². The Balaban J connectivity index is 1.69. The fraction of sp³-hybridized carbons (Fsp3) is 0.111. The predicted octanol–water partition coefficient (Wildman–Crippen LogP) is 4.92. The van der Waals surface area contributed by atoms with Gasteiger partial charge in [0.25, 0.3) is 0 Å². The second-order valence-electron chi connectivity index (χ2n) is 5.80. The second-order valence-corrected chi connectivity index (χ2v) is 7.96. The van der Waals surface area contributed by atoms with Crippen LogP contribution in [0.15, 0.2) is 47.9 Å². The highest BCUT2D eigenvalue weighted by Crippen LogP contribution is 2.32. The van der Waals surface area contributed by atoms with E-state index in [0.717, 1.165) is 5.69 Å². The molecule has 1 heterocycles. The summed E-state index contributed by atoms with van der Waals surface area (Å²) in [6.07, 6.45) is 1.53. The van der Waals surface area contributed by atoms with Crippen molar-refractivity contribution < 1.29 is 9.59 Å². The Bertz CT molecular complexity index is 1070. The zero-order chi connectivity index (χ0) is 21.0. The highest BCUT2D eigenvalue weighted by molar-refractivity contribution is 7.99. The molecule has 0 fully saturated rings. The Kier molecular flexibility index (Phi) is 7.02. The van der Waals surface area contributed by atoms with Gasteiger partial charge in [0.2, 0.25) is 11.8 Å². The third kappa shape index (κ3) is 5.63. The van der Waals surface area contributed by atoms with Crippen molar-refractivity contribution in [3.8, 4) is 5.69 Å². The Labute approximate surface area is 185 Å². The Morgan fingerprint density at radius 1 is 1.07 bits per heavy atom. The van der Waals surface area contributed by atoms with Crippen LogP contribution in [0, 0.1) is 0 Å². The van der Waals surface area contributed by atoms with Gasteiger partial charge in [-0.05, 0) is 30.3 Å². The molecule has 29 heavy (non-hydrogen) atoms. The van der Waals surface area contributed by atoms with Crippen molar-refractivity contribution in [2.75, 3.05) is 16.4 Å². The van der Waals surface area contributed by atoms with E-state index in [1.165, 1.54) is 37.1 Å². The molecule has 150 valence electrons. The molecule has 11 heteroatoms. The normalized spacial score (nSPS) is 10.6. The largest absolute Gasteiger partial charge is 0.326 e. The van der Waals surface area contributed by atoms with Crippen molar-refractivity contribution in [1.29, 1.82) is 0 Å². The van der Waals surface area contributed by atoms with Crippen LogP contribution in [0.25, 0.3) is 5.69 Å². The minimum absolute atomic E-state index is 0.0701. The monoisotopic (exact) mass is 469 g/mol. The standard InChI is InChI=1S/C18H14Cl3N5O2S/c1-10(27)23-11-3-2-4-12(5-11)26-9-22-25-18(26)29-8-17(28)24-16-7-14(20)13(19)6-15(16)21/h2-7,9H,8H2,1H3,(H,23,27)(H,24,28). The zero-order valence-corrected chi connectivity index (χ0v) is 18.0. The molecule has 0 aliphatic heterocycles. The van der Waals surface area contributed by atoms with Crippen LogP contribution in [0.5, 0.6) is 0 Å². The number of hydrogen-bond acceptors (Lipinski definition) is 5. The lowest BCUT2D eigenvalue weighted by atomic mass is 10.2. The number of carbonyl (C=O) groups excluding carboxylic acids is 2. The number of halogens is 3. The minimum atomic E-state index is -0.295. The Morgan fingerprint density at radius 3 is 2.59 bits per heavy atom. The summed E-state index contributed by atoms with van der Waals surface area (Å²) in [5.41, 5.74) is 1.76. The van der Waals surface area contributed by atoms with Gasteiger partial charge in [-0.15, -0.1) is 10.2 Å². The molecular formula is C18H14Cl3N5O2S. The smallest absolute Gasteiger partial charge is 0.234 e. The molecule has 0 unspecified atom stereocenters. The maximum atomic E-state index is 12.3. The summed E-state index contributed by atoms with van der Waals surface area (Å²) >= 11 is 19.1. The summed E-state index contributed by atoms with van der Waals surface area (Å²) in [5, 5.41) is 14.8. The Morgan fingerprint density at radius 2 is 1.83 bits per heavy atom. The molecule has 0 saturated heterocycles. The summed E-state index contributed by atoms with van der Waals surface area (Å²) in [4.78, 5) is 23.6. The van der Waals surface area contributed by atoms with Gasteiger partial charge in [-0.2, -0.15) is 0 Å². The average molecular weight is 471 g/mol. The second kappa shape index (κ2) is 9.49. The third-order valence-electron chi connectivity index (χ3n) is 3.58. The minimum Gasteiger partial charge on any atom is -0.326 e. The molecule has 0 aliphatic rings. The molecule has 3 rings (SSSR count). The van der Waals surface area contributed by atoms with E-state index in [1.54, 1.807) is 22.8 Å². The number of anilines is 2. The highest BCUT2D eigenvalue weighted by Gasteiger charge is 2.13. The van der Waals surface area contributed by atoms with Crippen molar-refractivity contribution in [2.45, 2.75) is 12.1 Å². The number of thioether (sulfide) groups is 1. The SMILES string of the molecule is CC(=O)Nc1cccc(-n2cnnc2SCC(=O)Nc2cc(Cl)c(Cl)cc2Cl)c1. The number of aromatic nitrogens is 3. The molecule has 0 saturated carbocycles. The van der Waals surface area contributed by atoms with E-state index >= 15 is 0 Å². The molecular weight excluding hydrogens is 457 g/mol. The van der Waals surface area contributed by atoms with E-state index < -0.39 is 0 Å². The number of rotatable bonds is 6. The van der Waals surface area contributed by atoms with E-state index in [0.29, 0.717) is 21.6 Å². The van der Waals surface area contributed by atoms with Gasteiger partial charge in [0.15, 0.2) is 5.16 Å². The van der Waals surface area contributed by atoms with Gasteiger partial charge in [-0.25, -0.2) is 0 Å². The van der Waals surface area contributed by atoms with Gasteiger partial charge in [-0.3, -0.25) is 14.2 Å². The van der Waals surface area contributed by atoms with Crippen LogP contribution >= 0.6 is 46.6 Å². The molecule has 0 atom stereocenters. The number of hydrogen-bond donors (Lipinski definition) is 2. The summed E-state index contributed by atoms with van der Waals surface area (Å²) in [6.45, 7) is 1.44. The van der Waals surface area contributed by atoms with Gasteiger partial charge in [-0.1, -0.05) is 52.6 Å². The van der Waals surface area contributed by atoms with Crippen LogP contribution in [0.1, 0.15) is 6.92 Å². The highest BCUT2D eigenvalue weighted by atomic mass is 35.5. The first-order valence-corrected chi connectivity index (χ1v) is 10.3. The molecule has 7 nitrogen and oxygen atoms in total. The zero-order valence-electron chi connectivity index (χ0n) is 14.9. The fourth-order valence-corrected chi connectivity index (χ4v) is 3.69. The fourth-order valence-electron chi connectivity index (χ4n) is 2.37. The number of benzene rings is 2. The van der Waals surface area contributed by atoms with Crippen molar-refractivity contribution in [1.82, 2.24) is 14.8 Å². The maximum absolute atomic E-state index is 12.3. The molecule has 2 N–H and O–H groups in total. The van der Waals surface area contributed by atoms with Crippen molar-refractivity contribution in [2.24, 2.45) is 0 Å². The first-order chi connectivity index (χ1) is 13.8. The summed E-state index contributed by atoms with van der Waals surface area (Å²) in [7, 11) is 0. The maximum Gasteiger partial charge on any atom is 0.234 e. The molecule has 0 aliphatic carbocycles. The summed E-state index contributed by atoms with van der Waals surface area (Å²) in [5.74, 6) is -0.393. The Hall–Kier alpha value is -2.26. The third-order valence-corrected chi connectivity index (χ3v) is 5.56. The lowest BCUT2D eigenvalue weighted by molar-refractivity contribution is -0.114. The van der Waals surface area contributed by atoms with E-state index in [2.05, 4.69) is 20.8 Å². The first kappa shape index (κ1) is 21.4. The number of nitrogens with one attached hydrogen (secondary N) is 2. The van der Waals surface area contributed by atoms with Crippen molar-refractivity contribution in [3.05, 3.63) is 57.8 Å². The molecule has 0 radical (unpaired) electrons. The van der Waals surface area contributed by atoms with Crippen LogP contribution in [0.2, 0.25) is 15.1 Å². The van der Waals surface area contributed by atoms with Crippen LogP contribution in [0.3, 0.4) is 0 Å². The number of carbonyl (C=O) groups is 2. The number of amides is 2. The molecule has 2 amide bonds. The van der Waals surface area contributed by atoms with Gasteiger partial charge in [0, 0.05) is 12.6 Å². The molecule has 0 bridgehead atoms.